The molecule has 1 heterocycles. The lowest BCUT2D eigenvalue weighted by molar-refractivity contribution is -0.120. The molecule has 2 N–H and O–H groups in total. The molecule has 3 nitrogen and oxygen atoms in total. The van der Waals surface area contributed by atoms with Crippen molar-refractivity contribution in [2.75, 3.05) is 6.54 Å². The van der Waals surface area contributed by atoms with Crippen molar-refractivity contribution in [3.63, 3.8) is 0 Å². The fraction of sp³-hybridized carbons (Fsp3) is 0.583. The molecule has 1 saturated carbocycles. The molecule has 0 spiro atoms. The van der Waals surface area contributed by atoms with Gasteiger partial charge < -0.3 is 10.6 Å². The fourth-order valence-corrected chi connectivity index (χ4v) is 2.67. The molecule has 0 bridgehead atoms. The molecule has 2 rings (SSSR count). The van der Waals surface area contributed by atoms with Crippen LogP contribution in [-0.2, 0) is 11.3 Å². The van der Waals surface area contributed by atoms with Gasteiger partial charge in [-0.1, -0.05) is 18.9 Å². The molecule has 1 aromatic rings. The van der Waals surface area contributed by atoms with E-state index in [0.717, 1.165) is 0 Å². The molecular formula is C12H18N2OS. The lowest BCUT2D eigenvalue weighted by Gasteiger charge is -2.11. The van der Waals surface area contributed by atoms with Crippen LogP contribution in [0.1, 0.15) is 30.6 Å². The molecule has 16 heavy (non-hydrogen) atoms. The van der Waals surface area contributed by atoms with Crippen LogP contribution in [0.3, 0.4) is 0 Å². The zero-order valence-corrected chi connectivity index (χ0v) is 10.2. The van der Waals surface area contributed by atoms with Crippen LogP contribution >= 0.6 is 11.3 Å². The lowest BCUT2D eigenvalue weighted by Crippen LogP contribution is -2.37. The van der Waals surface area contributed by atoms with Crippen molar-refractivity contribution >= 4 is 17.2 Å². The maximum absolute atomic E-state index is 11.5. The lowest BCUT2D eigenvalue weighted by atomic mass is 10.2. The minimum atomic E-state index is 0.0975. The third-order valence-electron chi connectivity index (χ3n) is 2.95. The zero-order valence-electron chi connectivity index (χ0n) is 9.37. The molecule has 0 saturated heterocycles. The van der Waals surface area contributed by atoms with Crippen LogP contribution < -0.4 is 10.6 Å². The number of amides is 1. The van der Waals surface area contributed by atoms with Gasteiger partial charge in [0.25, 0.3) is 0 Å². The second-order valence-corrected chi connectivity index (χ2v) is 5.25. The average molecular weight is 238 g/mol. The van der Waals surface area contributed by atoms with Crippen molar-refractivity contribution in [3.05, 3.63) is 22.4 Å². The molecule has 0 unspecified atom stereocenters. The van der Waals surface area contributed by atoms with Gasteiger partial charge in [0.15, 0.2) is 0 Å². The SMILES string of the molecule is O=C(CNC1CCCC1)NCc1cccs1. The maximum Gasteiger partial charge on any atom is 0.234 e. The quantitative estimate of drug-likeness (QED) is 0.822. The Morgan fingerprint density at radius 1 is 1.44 bits per heavy atom. The number of carbonyl (C=O) groups is 1. The highest BCUT2D eigenvalue weighted by Gasteiger charge is 2.14. The molecule has 0 radical (unpaired) electrons. The summed E-state index contributed by atoms with van der Waals surface area (Å²) in [5.41, 5.74) is 0. The topological polar surface area (TPSA) is 41.1 Å². The van der Waals surface area contributed by atoms with E-state index in [1.165, 1.54) is 30.6 Å². The van der Waals surface area contributed by atoms with Gasteiger partial charge in [-0.3, -0.25) is 4.79 Å². The molecule has 0 aliphatic heterocycles. The van der Waals surface area contributed by atoms with Crippen molar-refractivity contribution in [1.29, 1.82) is 0 Å². The van der Waals surface area contributed by atoms with Gasteiger partial charge in [-0.15, -0.1) is 11.3 Å². The predicted molar refractivity (Wildman–Crippen MR) is 66.4 cm³/mol. The Morgan fingerprint density at radius 2 is 2.25 bits per heavy atom. The Kier molecular flexibility index (Phi) is 4.36. The first-order valence-electron chi connectivity index (χ1n) is 5.87. The molecule has 1 aliphatic carbocycles. The Balaban J connectivity index is 1.60. The van der Waals surface area contributed by atoms with Gasteiger partial charge in [0.05, 0.1) is 13.1 Å². The smallest absolute Gasteiger partial charge is 0.234 e. The predicted octanol–water partition coefficient (Wildman–Crippen LogP) is 1.90. The highest BCUT2D eigenvalue weighted by molar-refractivity contribution is 7.09. The van der Waals surface area contributed by atoms with E-state index in [1.54, 1.807) is 11.3 Å². The molecular weight excluding hydrogens is 220 g/mol. The van der Waals surface area contributed by atoms with Gasteiger partial charge in [0, 0.05) is 10.9 Å². The summed E-state index contributed by atoms with van der Waals surface area (Å²) in [5, 5.41) is 8.25. The van der Waals surface area contributed by atoms with E-state index in [1.807, 2.05) is 17.5 Å². The van der Waals surface area contributed by atoms with E-state index in [-0.39, 0.29) is 5.91 Å². The Labute approximate surface area is 100 Å². The van der Waals surface area contributed by atoms with Crippen molar-refractivity contribution < 1.29 is 4.79 Å². The van der Waals surface area contributed by atoms with Crippen molar-refractivity contribution in [1.82, 2.24) is 10.6 Å². The van der Waals surface area contributed by atoms with Crippen LogP contribution in [0.5, 0.6) is 0 Å². The standard InChI is InChI=1S/C12H18N2OS/c15-12(9-13-10-4-1-2-5-10)14-8-11-6-3-7-16-11/h3,6-7,10,13H,1-2,4-5,8-9H2,(H,14,15). The maximum atomic E-state index is 11.5. The van der Waals surface area contributed by atoms with Crippen LogP contribution in [-0.4, -0.2) is 18.5 Å². The summed E-state index contributed by atoms with van der Waals surface area (Å²) in [7, 11) is 0. The van der Waals surface area contributed by atoms with Crippen LogP contribution in [0.25, 0.3) is 0 Å². The molecule has 1 amide bonds. The first-order chi connectivity index (χ1) is 7.84. The highest BCUT2D eigenvalue weighted by Crippen LogP contribution is 2.17. The van der Waals surface area contributed by atoms with Gasteiger partial charge in [-0.2, -0.15) is 0 Å². The van der Waals surface area contributed by atoms with E-state index in [0.29, 0.717) is 19.1 Å². The van der Waals surface area contributed by atoms with Crippen LogP contribution in [0.2, 0.25) is 0 Å². The second-order valence-electron chi connectivity index (χ2n) is 4.22. The first kappa shape index (κ1) is 11.6. The van der Waals surface area contributed by atoms with E-state index >= 15 is 0 Å². The molecule has 1 aliphatic rings. The summed E-state index contributed by atoms with van der Waals surface area (Å²) >= 11 is 1.67. The Bertz CT molecular complexity index is 318. The molecule has 1 fully saturated rings. The molecule has 0 atom stereocenters. The average Bonchev–Trinajstić information content (AvgIpc) is 2.96. The summed E-state index contributed by atoms with van der Waals surface area (Å²) in [6.45, 7) is 1.11. The summed E-state index contributed by atoms with van der Waals surface area (Å²) < 4.78 is 0. The molecule has 88 valence electrons. The minimum absolute atomic E-state index is 0.0975. The first-order valence-corrected chi connectivity index (χ1v) is 6.75. The number of carbonyl (C=O) groups excluding carboxylic acids is 1. The normalized spacial score (nSPS) is 16.5. The van der Waals surface area contributed by atoms with Gasteiger partial charge >= 0.3 is 0 Å². The molecule has 1 aromatic heterocycles. The summed E-state index contributed by atoms with van der Waals surface area (Å²) in [6.07, 6.45) is 5.04. The number of rotatable bonds is 5. The highest BCUT2D eigenvalue weighted by atomic mass is 32.1. The summed E-state index contributed by atoms with van der Waals surface area (Å²) in [5.74, 6) is 0.0975. The summed E-state index contributed by atoms with van der Waals surface area (Å²) in [6, 6.07) is 4.60. The van der Waals surface area contributed by atoms with E-state index < -0.39 is 0 Å². The Morgan fingerprint density at radius 3 is 2.94 bits per heavy atom. The number of nitrogens with one attached hydrogen (secondary N) is 2. The van der Waals surface area contributed by atoms with E-state index in [4.69, 9.17) is 0 Å². The minimum Gasteiger partial charge on any atom is -0.350 e. The van der Waals surface area contributed by atoms with Gasteiger partial charge in [0.2, 0.25) is 5.91 Å². The summed E-state index contributed by atoms with van der Waals surface area (Å²) in [4.78, 5) is 12.7. The third-order valence-corrected chi connectivity index (χ3v) is 3.82. The van der Waals surface area contributed by atoms with E-state index in [2.05, 4.69) is 10.6 Å². The van der Waals surface area contributed by atoms with Crippen LogP contribution in [0.15, 0.2) is 17.5 Å². The van der Waals surface area contributed by atoms with E-state index in [9.17, 15) is 4.79 Å². The fourth-order valence-electron chi connectivity index (χ4n) is 2.03. The van der Waals surface area contributed by atoms with Crippen LogP contribution in [0.4, 0.5) is 0 Å². The van der Waals surface area contributed by atoms with Gasteiger partial charge in [-0.25, -0.2) is 0 Å². The Hall–Kier alpha value is -0.870. The molecule has 4 heteroatoms. The van der Waals surface area contributed by atoms with Crippen molar-refractivity contribution in [2.24, 2.45) is 0 Å². The number of hydrogen-bond donors (Lipinski definition) is 2. The largest absolute Gasteiger partial charge is 0.350 e. The third kappa shape index (κ3) is 3.61. The van der Waals surface area contributed by atoms with Gasteiger partial charge in [-0.05, 0) is 24.3 Å². The van der Waals surface area contributed by atoms with Crippen molar-refractivity contribution in [2.45, 2.75) is 38.3 Å². The monoisotopic (exact) mass is 238 g/mol. The zero-order chi connectivity index (χ0) is 11.2. The number of thiophene rings is 1. The number of hydrogen-bond acceptors (Lipinski definition) is 3. The van der Waals surface area contributed by atoms with Gasteiger partial charge in [0.1, 0.15) is 0 Å². The van der Waals surface area contributed by atoms with Crippen LogP contribution in [0, 0.1) is 0 Å². The molecule has 0 aromatic carbocycles. The van der Waals surface area contributed by atoms with Crippen molar-refractivity contribution in [3.8, 4) is 0 Å². The second kappa shape index (κ2) is 6.01.